The lowest BCUT2D eigenvalue weighted by Crippen LogP contribution is -2.42. The zero-order chi connectivity index (χ0) is 15.4. The molecule has 1 unspecified atom stereocenters. The van der Waals surface area contributed by atoms with Gasteiger partial charge in [0.05, 0.1) is 6.61 Å². The molecule has 2 saturated heterocycles. The SMILES string of the molecule is CN=C(NCCc1ccc(Cl)nc1)N1CCC2(CCOC2)C1. The lowest BCUT2D eigenvalue weighted by molar-refractivity contribution is 0.156. The highest BCUT2D eigenvalue weighted by Crippen LogP contribution is 2.38. The van der Waals surface area contributed by atoms with Gasteiger partial charge in [0.2, 0.25) is 0 Å². The molecule has 2 aliphatic rings. The third-order valence-electron chi connectivity index (χ3n) is 4.62. The molecule has 0 bridgehead atoms. The van der Waals surface area contributed by atoms with Crippen LogP contribution in [0.1, 0.15) is 18.4 Å². The first-order chi connectivity index (χ1) is 10.7. The summed E-state index contributed by atoms with van der Waals surface area (Å²) < 4.78 is 5.59. The standard InChI is InChI=1S/C16H23ClN4O/c1-18-15(19-7-4-13-2-3-14(17)20-10-13)21-8-5-16(11-21)6-9-22-12-16/h2-3,10H,4-9,11-12H2,1H3,(H,18,19). The number of hydrogen-bond donors (Lipinski definition) is 1. The largest absolute Gasteiger partial charge is 0.381 e. The van der Waals surface area contributed by atoms with Crippen molar-refractivity contribution < 1.29 is 4.74 Å². The van der Waals surface area contributed by atoms with Crippen molar-refractivity contribution in [2.45, 2.75) is 19.3 Å². The predicted molar refractivity (Wildman–Crippen MR) is 88.4 cm³/mol. The van der Waals surface area contributed by atoms with E-state index in [1.807, 2.05) is 25.4 Å². The fourth-order valence-corrected chi connectivity index (χ4v) is 3.40. The second kappa shape index (κ2) is 6.84. The lowest BCUT2D eigenvalue weighted by Gasteiger charge is -2.24. The van der Waals surface area contributed by atoms with Crippen LogP contribution in [-0.2, 0) is 11.2 Å². The van der Waals surface area contributed by atoms with Crippen LogP contribution in [-0.4, -0.2) is 55.7 Å². The quantitative estimate of drug-likeness (QED) is 0.525. The summed E-state index contributed by atoms with van der Waals surface area (Å²) in [6.45, 7) is 4.76. The van der Waals surface area contributed by atoms with E-state index in [9.17, 15) is 0 Å². The number of aromatic nitrogens is 1. The number of rotatable bonds is 3. The maximum Gasteiger partial charge on any atom is 0.193 e. The maximum atomic E-state index is 5.80. The summed E-state index contributed by atoms with van der Waals surface area (Å²) in [6, 6.07) is 3.84. The topological polar surface area (TPSA) is 49.8 Å². The van der Waals surface area contributed by atoms with Gasteiger partial charge in [-0.15, -0.1) is 0 Å². The number of aliphatic imine (C=N–C) groups is 1. The van der Waals surface area contributed by atoms with Crippen molar-refractivity contribution in [3.05, 3.63) is 29.0 Å². The van der Waals surface area contributed by atoms with Crippen molar-refractivity contribution in [2.75, 3.05) is 39.9 Å². The van der Waals surface area contributed by atoms with Crippen LogP contribution < -0.4 is 5.32 Å². The molecule has 0 saturated carbocycles. The van der Waals surface area contributed by atoms with Crippen molar-refractivity contribution in [1.29, 1.82) is 0 Å². The molecular formula is C16H23ClN4O. The van der Waals surface area contributed by atoms with Gasteiger partial charge in [0.25, 0.3) is 0 Å². The second-order valence-electron chi connectivity index (χ2n) is 6.19. The Bertz CT molecular complexity index is 525. The third-order valence-corrected chi connectivity index (χ3v) is 4.84. The minimum Gasteiger partial charge on any atom is -0.381 e. The summed E-state index contributed by atoms with van der Waals surface area (Å²) in [6.07, 6.45) is 5.12. The Balaban J connectivity index is 1.49. The van der Waals surface area contributed by atoms with E-state index in [4.69, 9.17) is 16.3 Å². The molecule has 3 rings (SSSR count). The number of hydrogen-bond acceptors (Lipinski definition) is 3. The van der Waals surface area contributed by atoms with E-state index in [0.717, 1.165) is 45.2 Å². The Hall–Kier alpha value is -1.33. The molecule has 1 atom stereocenters. The summed E-state index contributed by atoms with van der Waals surface area (Å²) in [5, 5.41) is 3.99. The molecular weight excluding hydrogens is 300 g/mol. The highest BCUT2D eigenvalue weighted by atomic mass is 35.5. The van der Waals surface area contributed by atoms with Gasteiger partial charge >= 0.3 is 0 Å². The monoisotopic (exact) mass is 322 g/mol. The smallest absolute Gasteiger partial charge is 0.193 e. The summed E-state index contributed by atoms with van der Waals surface area (Å²) >= 11 is 5.80. The van der Waals surface area contributed by atoms with Crippen molar-refractivity contribution in [3.8, 4) is 0 Å². The Kier molecular flexibility index (Phi) is 4.84. The van der Waals surface area contributed by atoms with E-state index in [-0.39, 0.29) is 0 Å². The minimum atomic E-state index is 0.359. The van der Waals surface area contributed by atoms with E-state index < -0.39 is 0 Å². The fraction of sp³-hybridized carbons (Fsp3) is 0.625. The van der Waals surface area contributed by atoms with Gasteiger partial charge in [-0.3, -0.25) is 4.99 Å². The van der Waals surface area contributed by atoms with Crippen molar-refractivity contribution >= 4 is 17.6 Å². The highest BCUT2D eigenvalue weighted by molar-refractivity contribution is 6.29. The molecule has 1 N–H and O–H groups in total. The first-order valence-corrected chi connectivity index (χ1v) is 8.22. The van der Waals surface area contributed by atoms with Gasteiger partial charge in [-0.05, 0) is 30.9 Å². The van der Waals surface area contributed by atoms with Gasteiger partial charge in [-0.1, -0.05) is 17.7 Å². The van der Waals surface area contributed by atoms with Crippen molar-refractivity contribution in [2.24, 2.45) is 10.4 Å². The van der Waals surface area contributed by atoms with Crippen LogP contribution >= 0.6 is 11.6 Å². The Morgan fingerprint density at radius 3 is 3.09 bits per heavy atom. The van der Waals surface area contributed by atoms with Crippen LogP contribution in [0.25, 0.3) is 0 Å². The maximum absolute atomic E-state index is 5.80. The molecule has 1 aromatic heterocycles. The second-order valence-corrected chi connectivity index (χ2v) is 6.57. The van der Waals surface area contributed by atoms with Crippen molar-refractivity contribution in [3.63, 3.8) is 0 Å². The van der Waals surface area contributed by atoms with Gasteiger partial charge in [0.15, 0.2) is 5.96 Å². The zero-order valence-corrected chi connectivity index (χ0v) is 13.8. The van der Waals surface area contributed by atoms with Gasteiger partial charge in [0.1, 0.15) is 5.15 Å². The molecule has 2 fully saturated rings. The molecule has 2 aliphatic heterocycles. The van der Waals surface area contributed by atoms with Gasteiger partial charge < -0.3 is 15.0 Å². The lowest BCUT2D eigenvalue weighted by atomic mass is 9.87. The Morgan fingerprint density at radius 1 is 1.50 bits per heavy atom. The van der Waals surface area contributed by atoms with E-state index >= 15 is 0 Å². The van der Waals surface area contributed by atoms with E-state index in [2.05, 4.69) is 20.2 Å². The average molecular weight is 323 g/mol. The van der Waals surface area contributed by atoms with E-state index in [1.165, 1.54) is 18.4 Å². The fourth-order valence-electron chi connectivity index (χ4n) is 3.29. The number of halogens is 1. The van der Waals surface area contributed by atoms with Gasteiger partial charge in [-0.2, -0.15) is 0 Å². The summed E-state index contributed by atoms with van der Waals surface area (Å²) in [5.41, 5.74) is 1.53. The highest BCUT2D eigenvalue weighted by Gasteiger charge is 2.42. The number of nitrogens with one attached hydrogen (secondary N) is 1. The molecule has 0 amide bonds. The number of nitrogens with zero attached hydrogens (tertiary/aromatic N) is 3. The Morgan fingerprint density at radius 2 is 2.41 bits per heavy atom. The molecule has 120 valence electrons. The summed E-state index contributed by atoms with van der Waals surface area (Å²) in [5.74, 6) is 0.991. The summed E-state index contributed by atoms with van der Waals surface area (Å²) in [4.78, 5) is 10.9. The van der Waals surface area contributed by atoms with E-state index in [0.29, 0.717) is 10.6 Å². The Labute approximate surface area is 136 Å². The molecule has 0 radical (unpaired) electrons. The van der Waals surface area contributed by atoms with Crippen LogP contribution in [0.2, 0.25) is 5.15 Å². The number of ether oxygens (including phenoxy) is 1. The number of guanidine groups is 1. The van der Waals surface area contributed by atoms with Crippen LogP contribution in [0.3, 0.4) is 0 Å². The predicted octanol–water partition coefficient (Wildman–Crippen LogP) is 1.97. The zero-order valence-electron chi connectivity index (χ0n) is 13.0. The van der Waals surface area contributed by atoms with Gasteiger partial charge in [-0.25, -0.2) is 4.98 Å². The van der Waals surface area contributed by atoms with Crippen LogP contribution in [0.4, 0.5) is 0 Å². The third kappa shape index (κ3) is 3.52. The molecule has 1 spiro atoms. The van der Waals surface area contributed by atoms with Crippen LogP contribution in [0.5, 0.6) is 0 Å². The normalized spacial score (nSPS) is 25.2. The van der Waals surface area contributed by atoms with Crippen LogP contribution in [0, 0.1) is 5.41 Å². The van der Waals surface area contributed by atoms with Crippen LogP contribution in [0.15, 0.2) is 23.3 Å². The molecule has 0 aromatic carbocycles. The first kappa shape index (κ1) is 15.6. The molecule has 1 aromatic rings. The molecule has 6 heteroatoms. The van der Waals surface area contributed by atoms with Gasteiger partial charge in [0, 0.05) is 44.9 Å². The molecule has 0 aliphatic carbocycles. The molecule has 5 nitrogen and oxygen atoms in total. The molecule has 3 heterocycles. The van der Waals surface area contributed by atoms with Crippen molar-refractivity contribution in [1.82, 2.24) is 15.2 Å². The number of likely N-dealkylation sites (tertiary alicyclic amines) is 1. The summed E-state index contributed by atoms with van der Waals surface area (Å²) in [7, 11) is 1.85. The first-order valence-electron chi connectivity index (χ1n) is 7.85. The minimum absolute atomic E-state index is 0.359. The molecule has 22 heavy (non-hydrogen) atoms. The average Bonchev–Trinajstić information content (AvgIpc) is 3.16. The number of pyridine rings is 1. The van der Waals surface area contributed by atoms with E-state index in [1.54, 1.807) is 0 Å².